The molecule has 0 amide bonds. The smallest absolute Gasteiger partial charge is 0.156 e. The first kappa shape index (κ1) is 12.8. The average molecular weight is 279 g/mol. The fraction of sp³-hybridized carbons (Fsp3) is 0.0769. The molecule has 3 nitrogen and oxygen atoms in total. The monoisotopic (exact) mass is 278 g/mol. The van der Waals surface area contributed by atoms with Gasteiger partial charge in [0.15, 0.2) is 5.75 Å². The molecule has 2 aromatic rings. The van der Waals surface area contributed by atoms with E-state index in [4.69, 9.17) is 34.3 Å². The number of halogens is 1. The van der Waals surface area contributed by atoms with Gasteiger partial charge < -0.3 is 10.5 Å². The first-order valence-electron chi connectivity index (χ1n) is 5.27. The first-order chi connectivity index (χ1) is 8.58. The van der Waals surface area contributed by atoms with Gasteiger partial charge in [-0.25, -0.2) is 4.98 Å². The number of thiocarbonyl (C=S) groups is 1. The third-order valence-electron chi connectivity index (χ3n) is 2.36. The zero-order chi connectivity index (χ0) is 13.1. The maximum absolute atomic E-state index is 5.89. The van der Waals surface area contributed by atoms with Crippen LogP contribution in [0.1, 0.15) is 11.3 Å². The molecule has 18 heavy (non-hydrogen) atoms. The minimum Gasteiger partial charge on any atom is -0.455 e. The highest BCUT2D eigenvalue weighted by Crippen LogP contribution is 2.28. The van der Waals surface area contributed by atoms with Crippen molar-refractivity contribution in [2.75, 3.05) is 0 Å². The van der Waals surface area contributed by atoms with Crippen LogP contribution in [-0.2, 0) is 0 Å². The number of ether oxygens (including phenoxy) is 1. The molecule has 92 valence electrons. The minimum absolute atomic E-state index is 0.206. The zero-order valence-electron chi connectivity index (χ0n) is 9.68. The van der Waals surface area contributed by atoms with Gasteiger partial charge in [0.2, 0.25) is 0 Å². The van der Waals surface area contributed by atoms with Crippen LogP contribution in [0, 0.1) is 6.92 Å². The SMILES string of the molecule is Cc1cc(Cl)ccc1Oc1cccnc1C(N)=S. The second kappa shape index (κ2) is 5.33. The van der Waals surface area contributed by atoms with E-state index in [9.17, 15) is 0 Å². The standard InChI is InChI=1S/C13H11ClN2OS/c1-8-7-9(14)4-5-10(8)17-11-3-2-6-16-12(11)13(15)18/h2-7H,1H3,(H2,15,18). The van der Waals surface area contributed by atoms with Crippen LogP contribution in [-0.4, -0.2) is 9.97 Å². The molecule has 1 aromatic carbocycles. The fourth-order valence-electron chi connectivity index (χ4n) is 1.50. The van der Waals surface area contributed by atoms with Crippen LogP contribution >= 0.6 is 23.8 Å². The van der Waals surface area contributed by atoms with Gasteiger partial charge in [0.25, 0.3) is 0 Å². The molecule has 0 radical (unpaired) electrons. The van der Waals surface area contributed by atoms with Crippen molar-refractivity contribution in [1.29, 1.82) is 0 Å². The highest BCUT2D eigenvalue weighted by atomic mass is 35.5. The van der Waals surface area contributed by atoms with Gasteiger partial charge >= 0.3 is 0 Å². The van der Waals surface area contributed by atoms with Crippen LogP contribution in [0.4, 0.5) is 0 Å². The van der Waals surface area contributed by atoms with Crippen molar-refractivity contribution in [1.82, 2.24) is 4.98 Å². The van der Waals surface area contributed by atoms with Crippen LogP contribution in [0.3, 0.4) is 0 Å². The summed E-state index contributed by atoms with van der Waals surface area (Å²) in [5.41, 5.74) is 7.00. The fourth-order valence-corrected chi connectivity index (χ4v) is 1.88. The topological polar surface area (TPSA) is 48.1 Å². The van der Waals surface area contributed by atoms with Crippen molar-refractivity contribution in [3.63, 3.8) is 0 Å². The molecule has 1 heterocycles. The lowest BCUT2D eigenvalue weighted by molar-refractivity contribution is 0.475. The van der Waals surface area contributed by atoms with Crippen LogP contribution < -0.4 is 10.5 Å². The Labute approximate surface area is 116 Å². The third kappa shape index (κ3) is 2.78. The molecule has 2 N–H and O–H groups in total. The quantitative estimate of drug-likeness (QED) is 0.874. The van der Waals surface area contributed by atoms with Crippen molar-refractivity contribution >= 4 is 28.8 Å². The van der Waals surface area contributed by atoms with Gasteiger partial charge in [-0.2, -0.15) is 0 Å². The van der Waals surface area contributed by atoms with E-state index in [-0.39, 0.29) is 4.99 Å². The third-order valence-corrected chi connectivity index (χ3v) is 2.79. The molecule has 0 saturated carbocycles. The predicted molar refractivity (Wildman–Crippen MR) is 76.4 cm³/mol. The zero-order valence-corrected chi connectivity index (χ0v) is 11.3. The molecule has 0 aliphatic heterocycles. The number of aryl methyl sites for hydroxylation is 1. The lowest BCUT2D eigenvalue weighted by atomic mass is 10.2. The molecule has 0 aliphatic carbocycles. The van der Waals surface area contributed by atoms with E-state index < -0.39 is 0 Å². The highest BCUT2D eigenvalue weighted by molar-refractivity contribution is 7.80. The molecule has 0 bridgehead atoms. The Balaban J connectivity index is 2.37. The number of nitrogens with zero attached hydrogens (tertiary/aromatic N) is 1. The summed E-state index contributed by atoms with van der Waals surface area (Å²) in [6.07, 6.45) is 1.62. The summed E-state index contributed by atoms with van der Waals surface area (Å²) in [6, 6.07) is 8.93. The van der Waals surface area contributed by atoms with Crippen molar-refractivity contribution < 1.29 is 4.74 Å². The molecular formula is C13H11ClN2OS. The number of benzene rings is 1. The van der Waals surface area contributed by atoms with E-state index in [1.807, 2.05) is 13.0 Å². The van der Waals surface area contributed by atoms with Crippen molar-refractivity contribution in [3.05, 3.63) is 52.8 Å². The maximum atomic E-state index is 5.89. The van der Waals surface area contributed by atoms with E-state index in [0.717, 1.165) is 5.56 Å². The lowest BCUT2D eigenvalue weighted by Gasteiger charge is -2.11. The minimum atomic E-state index is 0.206. The molecule has 0 fully saturated rings. The second-order valence-corrected chi connectivity index (χ2v) is 4.60. The molecule has 5 heteroatoms. The molecule has 0 saturated heterocycles. The van der Waals surface area contributed by atoms with Crippen molar-refractivity contribution in [2.24, 2.45) is 5.73 Å². The van der Waals surface area contributed by atoms with Gasteiger partial charge in [-0.3, -0.25) is 0 Å². The Bertz CT molecular complexity index is 601. The summed E-state index contributed by atoms with van der Waals surface area (Å²) in [5.74, 6) is 1.24. The second-order valence-electron chi connectivity index (χ2n) is 3.73. The average Bonchev–Trinajstić information content (AvgIpc) is 2.33. The van der Waals surface area contributed by atoms with E-state index >= 15 is 0 Å². The molecule has 0 spiro atoms. The largest absolute Gasteiger partial charge is 0.455 e. The Morgan fingerprint density at radius 1 is 1.33 bits per heavy atom. The summed E-state index contributed by atoms with van der Waals surface area (Å²) < 4.78 is 5.77. The van der Waals surface area contributed by atoms with E-state index in [2.05, 4.69) is 4.98 Å². The van der Waals surface area contributed by atoms with Gasteiger partial charge in [0, 0.05) is 11.2 Å². The lowest BCUT2D eigenvalue weighted by Crippen LogP contribution is -2.12. The summed E-state index contributed by atoms with van der Waals surface area (Å²) in [5, 5.41) is 0.667. The van der Waals surface area contributed by atoms with Gasteiger partial charge in [0.1, 0.15) is 16.4 Å². The number of hydrogen-bond acceptors (Lipinski definition) is 3. The summed E-state index contributed by atoms with van der Waals surface area (Å²) in [6.45, 7) is 1.91. The molecule has 2 rings (SSSR count). The Morgan fingerprint density at radius 3 is 2.78 bits per heavy atom. The van der Waals surface area contributed by atoms with Crippen LogP contribution in [0.2, 0.25) is 5.02 Å². The van der Waals surface area contributed by atoms with Crippen LogP contribution in [0.25, 0.3) is 0 Å². The van der Waals surface area contributed by atoms with E-state index in [1.165, 1.54) is 0 Å². The predicted octanol–water partition coefficient (Wildman–Crippen LogP) is 3.47. The van der Waals surface area contributed by atoms with E-state index in [0.29, 0.717) is 22.2 Å². The van der Waals surface area contributed by atoms with Gasteiger partial charge in [-0.05, 0) is 42.8 Å². The van der Waals surface area contributed by atoms with Crippen LogP contribution in [0.5, 0.6) is 11.5 Å². The Hall–Kier alpha value is -1.65. The van der Waals surface area contributed by atoms with Gasteiger partial charge in [-0.15, -0.1) is 0 Å². The number of hydrogen-bond donors (Lipinski definition) is 1. The highest BCUT2D eigenvalue weighted by Gasteiger charge is 2.09. The number of pyridine rings is 1. The number of nitrogens with two attached hydrogens (primary N) is 1. The van der Waals surface area contributed by atoms with Crippen molar-refractivity contribution in [3.8, 4) is 11.5 Å². The number of aromatic nitrogens is 1. The number of rotatable bonds is 3. The molecule has 0 atom stereocenters. The molecule has 0 aliphatic rings. The van der Waals surface area contributed by atoms with Crippen LogP contribution in [0.15, 0.2) is 36.5 Å². The summed E-state index contributed by atoms with van der Waals surface area (Å²) >= 11 is 10.8. The summed E-state index contributed by atoms with van der Waals surface area (Å²) in [4.78, 5) is 4.31. The first-order valence-corrected chi connectivity index (χ1v) is 6.05. The van der Waals surface area contributed by atoms with E-state index in [1.54, 1.807) is 30.5 Å². The maximum Gasteiger partial charge on any atom is 0.156 e. The molecule has 1 aromatic heterocycles. The Kier molecular flexibility index (Phi) is 3.79. The van der Waals surface area contributed by atoms with Crippen molar-refractivity contribution in [2.45, 2.75) is 6.92 Å². The molecule has 0 unspecified atom stereocenters. The Morgan fingerprint density at radius 2 is 2.11 bits per heavy atom. The van der Waals surface area contributed by atoms with Gasteiger partial charge in [0.05, 0.1) is 0 Å². The molecular weight excluding hydrogens is 268 g/mol. The normalized spacial score (nSPS) is 10.1. The summed E-state index contributed by atoms with van der Waals surface area (Å²) in [7, 11) is 0. The van der Waals surface area contributed by atoms with Gasteiger partial charge in [-0.1, -0.05) is 23.8 Å².